The number of hydrogen-bond acceptors (Lipinski definition) is 3. The van der Waals surface area contributed by atoms with Crippen molar-refractivity contribution in [3.63, 3.8) is 0 Å². The van der Waals surface area contributed by atoms with Gasteiger partial charge in [0.2, 0.25) is 0 Å². The molecule has 1 amide bonds. The molecule has 0 unspecified atom stereocenters. The Kier molecular flexibility index (Phi) is 3.56. The summed E-state index contributed by atoms with van der Waals surface area (Å²) in [5, 5.41) is 4.54. The molecule has 3 heterocycles. The number of likely N-dealkylation sites (tertiary alicyclic amines) is 1. The molecule has 0 atom stereocenters. The van der Waals surface area contributed by atoms with Gasteiger partial charge in [0.1, 0.15) is 12.4 Å². The molecule has 5 heteroatoms. The molecule has 0 N–H and O–H groups in total. The second-order valence-electron chi connectivity index (χ2n) is 6.29. The van der Waals surface area contributed by atoms with Gasteiger partial charge in [-0.3, -0.25) is 9.48 Å². The van der Waals surface area contributed by atoms with Crippen LogP contribution in [0, 0.1) is 0 Å². The fraction of sp³-hybridized carbons (Fsp3) is 0.444. The van der Waals surface area contributed by atoms with E-state index >= 15 is 0 Å². The van der Waals surface area contributed by atoms with Crippen molar-refractivity contribution in [3.05, 3.63) is 35.5 Å². The van der Waals surface area contributed by atoms with E-state index in [1.54, 1.807) is 0 Å². The maximum Gasteiger partial charge on any atom is 0.274 e. The van der Waals surface area contributed by atoms with E-state index in [1.807, 2.05) is 40.9 Å². The molecule has 5 nitrogen and oxygen atoms in total. The number of benzene rings is 1. The molecule has 0 aliphatic carbocycles. The fourth-order valence-corrected chi connectivity index (χ4v) is 3.57. The van der Waals surface area contributed by atoms with Gasteiger partial charge in [-0.15, -0.1) is 0 Å². The zero-order valence-corrected chi connectivity index (χ0v) is 13.4. The molecule has 120 valence electrons. The lowest BCUT2D eigenvalue weighted by Crippen LogP contribution is -2.33. The largest absolute Gasteiger partial charge is 0.488 e. The maximum absolute atomic E-state index is 12.9. The summed E-state index contributed by atoms with van der Waals surface area (Å²) < 4.78 is 7.66. The van der Waals surface area contributed by atoms with Crippen molar-refractivity contribution in [1.29, 1.82) is 0 Å². The highest BCUT2D eigenvalue weighted by Gasteiger charge is 2.30. The summed E-state index contributed by atoms with van der Waals surface area (Å²) in [5.74, 6) is 0.906. The molecule has 0 radical (unpaired) electrons. The van der Waals surface area contributed by atoms with E-state index in [4.69, 9.17) is 4.74 Å². The normalized spacial score (nSPS) is 17.0. The second-order valence-corrected chi connectivity index (χ2v) is 6.29. The summed E-state index contributed by atoms with van der Waals surface area (Å²) in [4.78, 5) is 14.9. The number of carbonyl (C=O) groups is 1. The number of carbonyl (C=O) groups excluding carboxylic acids is 1. The zero-order valence-electron chi connectivity index (χ0n) is 13.4. The monoisotopic (exact) mass is 311 g/mol. The summed E-state index contributed by atoms with van der Waals surface area (Å²) in [6.45, 7) is 2.08. The summed E-state index contributed by atoms with van der Waals surface area (Å²) >= 11 is 0. The number of aryl methyl sites for hydroxylation is 1. The first kappa shape index (κ1) is 14.3. The van der Waals surface area contributed by atoms with E-state index in [2.05, 4.69) is 5.10 Å². The van der Waals surface area contributed by atoms with Crippen LogP contribution in [-0.4, -0.2) is 33.7 Å². The third kappa shape index (κ3) is 2.40. The second kappa shape index (κ2) is 5.72. The van der Waals surface area contributed by atoms with Gasteiger partial charge in [0.25, 0.3) is 5.91 Å². The molecule has 0 bridgehead atoms. The van der Waals surface area contributed by atoms with Crippen LogP contribution in [0.5, 0.6) is 5.75 Å². The minimum Gasteiger partial charge on any atom is -0.488 e. The van der Waals surface area contributed by atoms with Crippen LogP contribution < -0.4 is 4.74 Å². The molecule has 0 saturated carbocycles. The third-order valence-electron chi connectivity index (χ3n) is 4.76. The van der Waals surface area contributed by atoms with Crippen molar-refractivity contribution >= 4 is 5.91 Å². The van der Waals surface area contributed by atoms with E-state index in [1.165, 1.54) is 12.8 Å². The highest BCUT2D eigenvalue weighted by molar-refractivity contribution is 5.96. The number of nitrogens with zero attached hydrogens (tertiary/aromatic N) is 3. The van der Waals surface area contributed by atoms with Crippen molar-refractivity contribution in [2.75, 3.05) is 13.1 Å². The Hall–Kier alpha value is -2.30. The van der Waals surface area contributed by atoms with Gasteiger partial charge in [-0.2, -0.15) is 5.10 Å². The standard InChI is InChI=1S/C18H21N3O2/c1-20-17-13-8-4-5-9-15(13)23-12-14(17)16(19-20)18(22)21-10-6-2-3-7-11-21/h4-5,8-9H,2-3,6-7,10-12H2,1H3. The number of fused-ring (bicyclic) bond motifs is 3. The number of rotatable bonds is 1. The maximum atomic E-state index is 12.9. The molecule has 4 rings (SSSR count). The molecule has 2 aromatic rings. The summed E-state index contributed by atoms with van der Waals surface area (Å²) in [6, 6.07) is 7.93. The number of aromatic nitrogens is 2. The van der Waals surface area contributed by atoms with Crippen LogP contribution in [0.4, 0.5) is 0 Å². The van der Waals surface area contributed by atoms with Crippen molar-refractivity contribution in [2.24, 2.45) is 7.05 Å². The molecule has 1 saturated heterocycles. The Balaban J connectivity index is 1.74. The first-order chi connectivity index (χ1) is 11.3. The van der Waals surface area contributed by atoms with Crippen LogP contribution in [0.3, 0.4) is 0 Å². The highest BCUT2D eigenvalue weighted by atomic mass is 16.5. The van der Waals surface area contributed by atoms with E-state index in [0.29, 0.717) is 12.3 Å². The van der Waals surface area contributed by atoms with Gasteiger partial charge in [-0.25, -0.2) is 0 Å². The molecular weight excluding hydrogens is 290 g/mol. The van der Waals surface area contributed by atoms with Crippen LogP contribution in [0.15, 0.2) is 24.3 Å². The van der Waals surface area contributed by atoms with Gasteiger partial charge >= 0.3 is 0 Å². The SMILES string of the molecule is Cn1nc(C(=O)N2CCCCCC2)c2c1-c1ccccc1OC2. The number of para-hydroxylation sites is 1. The zero-order chi connectivity index (χ0) is 15.8. The third-order valence-corrected chi connectivity index (χ3v) is 4.76. The van der Waals surface area contributed by atoms with Crippen LogP contribution in [0.2, 0.25) is 0 Å². The quantitative estimate of drug-likeness (QED) is 0.813. The van der Waals surface area contributed by atoms with Crippen molar-refractivity contribution in [2.45, 2.75) is 32.3 Å². The Labute approximate surface area is 135 Å². The Morgan fingerprint density at radius 1 is 1.13 bits per heavy atom. The fourth-order valence-electron chi connectivity index (χ4n) is 3.57. The van der Waals surface area contributed by atoms with Gasteiger partial charge in [0, 0.05) is 31.3 Å². The summed E-state index contributed by atoms with van der Waals surface area (Å²) in [6.07, 6.45) is 4.58. The minimum atomic E-state index is 0.0479. The first-order valence-electron chi connectivity index (χ1n) is 8.33. The lowest BCUT2D eigenvalue weighted by molar-refractivity contribution is 0.0752. The smallest absolute Gasteiger partial charge is 0.274 e. The number of amides is 1. The lowest BCUT2D eigenvalue weighted by atomic mass is 10.0. The molecule has 2 aliphatic rings. The van der Waals surface area contributed by atoms with Crippen molar-refractivity contribution in [3.8, 4) is 17.0 Å². The van der Waals surface area contributed by atoms with Gasteiger partial charge in [0.15, 0.2) is 5.69 Å². The Morgan fingerprint density at radius 2 is 1.87 bits per heavy atom. The average molecular weight is 311 g/mol. The van der Waals surface area contributed by atoms with Gasteiger partial charge in [-0.05, 0) is 25.0 Å². The predicted molar refractivity (Wildman–Crippen MR) is 87.3 cm³/mol. The number of hydrogen-bond donors (Lipinski definition) is 0. The summed E-state index contributed by atoms with van der Waals surface area (Å²) in [7, 11) is 1.90. The molecule has 0 spiro atoms. The van der Waals surface area contributed by atoms with Gasteiger partial charge in [-0.1, -0.05) is 25.0 Å². The Morgan fingerprint density at radius 3 is 2.65 bits per heavy atom. The van der Waals surface area contributed by atoms with E-state index in [-0.39, 0.29) is 5.91 Å². The van der Waals surface area contributed by atoms with E-state index in [9.17, 15) is 4.79 Å². The lowest BCUT2D eigenvalue weighted by Gasteiger charge is -2.21. The number of ether oxygens (including phenoxy) is 1. The van der Waals surface area contributed by atoms with Crippen molar-refractivity contribution in [1.82, 2.24) is 14.7 Å². The molecular formula is C18H21N3O2. The average Bonchev–Trinajstić information content (AvgIpc) is 2.77. The van der Waals surface area contributed by atoms with Crippen LogP contribution in [0.1, 0.15) is 41.7 Å². The van der Waals surface area contributed by atoms with E-state index < -0.39 is 0 Å². The molecule has 1 fully saturated rings. The molecule has 1 aromatic carbocycles. The molecule has 1 aromatic heterocycles. The predicted octanol–water partition coefficient (Wildman–Crippen LogP) is 3.00. The summed E-state index contributed by atoms with van der Waals surface area (Å²) in [5.41, 5.74) is 3.49. The van der Waals surface area contributed by atoms with E-state index in [0.717, 1.165) is 48.5 Å². The van der Waals surface area contributed by atoms with Crippen LogP contribution in [-0.2, 0) is 13.7 Å². The molecule has 23 heavy (non-hydrogen) atoms. The van der Waals surface area contributed by atoms with Crippen LogP contribution in [0.25, 0.3) is 11.3 Å². The topological polar surface area (TPSA) is 47.4 Å². The highest BCUT2D eigenvalue weighted by Crippen LogP contribution is 2.38. The minimum absolute atomic E-state index is 0.0479. The Bertz CT molecular complexity index is 743. The van der Waals surface area contributed by atoms with Crippen LogP contribution >= 0.6 is 0 Å². The van der Waals surface area contributed by atoms with Crippen molar-refractivity contribution < 1.29 is 9.53 Å². The van der Waals surface area contributed by atoms with Gasteiger partial charge < -0.3 is 9.64 Å². The molecule has 2 aliphatic heterocycles. The van der Waals surface area contributed by atoms with Gasteiger partial charge in [0.05, 0.1) is 5.69 Å². The first-order valence-corrected chi connectivity index (χ1v) is 8.33.